The number of aliphatic hydroxyl groups is 1. The van der Waals surface area contributed by atoms with Gasteiger partial charge in [-0.1, -0.05) is 11.6 Å². The van der Waals surface area contributed by atoms with Crippen molar-refractivity contribution in [2.75, 3.05) is 19.6 Å². The zero-order valence-electron chi connectivity index (χ0n) is 15.3. The Bertz CT molecular complexity index is 703. The SMILES string of the molecule is CCNC(=NCC(O)c1ccc(Cl)s1)NCCCn1nc(C)cc1C.I. The van der Waals surface area contributed by atoms with Gasteiger partial charge in [0.1, 0.15) is 6.10 Å². The summed E-state index contributed by atoms with van der Waals surface area (Å²) in [6.45, 7) is 8.80. The van der Waals surface area contributed by atoms with Crippen LogP contribution in [0.5, 0.6) is 0 Å². The zero-order chi connectivity index (χ0) is 18.2. The fourth-order valence-corrected chi connectivity index (χ4v) is 3.49. The molecule has 0 aliphatic rings. The molecule has 1 atom stereocenters. The summed E-state index contributed by atoms with van der Waals surface area (Å²) in [5, 5.41) is 21.1. The molecule has 0 fully saturated rings. The summed E-state index contributed by atoms with van der Waals surface area (Å²) in [7, 11) is 0. The van der Waals surface area contributed by atoms with Gasteiger partial charge in [0.2, 0.25) is 0 Å². The fraction of sp³-hybridized carbons (Fsp3) is 0.529. The van der Waals surface area contributed by atoms with Gasteiger partial charge in [-0.05, 0) is 45.4 Å². The van der Waals surface area contributed by atoms with Gasteiger partial charge in [0.25, 0.3) is 0 Å². The van der Waals surface area contributed by atoms with Crippen molar-refractivity contribution in [1.29, 1.82) is 0 Å². The highest BCUT2D eigenvalue weighted by molar-refractivity contribution is 14.0. The van der Waals surface area contributed by atoms with Gasteiger partial charge in [0.05, 0.1) is 16.6 Å². The lowest BCUT2D eigenvalue weighted by Crippen LogP contribution is -2.38. The lowest BCUT2D eigenvalue weighted by Gasteiger charge is -2.13. The molecule has 0 aliphatic heterocycles. The molecule has 2 heterocycles. The lowest BCUT2D eigenvalue weighted by atomic mass is 10.3. The third-order valence-electron chi connectivity index (χ3n) is 3.63. The van der Waals surface area contributed by atoms with E-state index < -0.39 is 6.10 Å². The van der Waals surface area contributed by atoms with Crippen molar-refractivity contribution in [2.45, 2.75) is 39.8 Å². The molecule has 2 aromatic rings. The molecule has 0 saturated heterocycles. The molecule has 26 heavy (non-hydrogen) atoms. The average molecular weight is 512 g/mol. The molecule has 2 rings (SSSR count). The van der Waals surface area contributed by atoms with Gasteiger partial charge in [0.15, 0.2) is 5.96 Å². The lowest BCUT2D eigenvalue weighted by molar-refractivity contribution is 0.191. The molecule has 0 spiro atoms. The maximum Gasteiger partial charge on any atom is 0.191 e. The molecule has 1 unspecified atom stereocenters. The number of hydrogen-bond acceptors (Lipinski definition) is 4. The van der Waals surface area contributed by atoms with Crippen LogP contribution in [-0.4, -0.2) is 40.5 Å². The summed E-state index contributed by atoms with van der Waals surface area (Å²) < 4.78 is 2.69. The van der Waals surface area contributed by atoms with Gasteiger partial charge >= 0.3 is 0 Å². The van der Waals surface area contributed by atoms with Crippen molar-refractivity contribution in [3.05, 3.63) is 38.8 Å². The largest absolute Gasteiger partial charge is 0.386 e. The Morgan fingerprint density at radius 2 is 2.15 bits per heavy atom. The van der Waals surface area contributed by atoms with E-state index in [0.717, 1.165) is 36.6 Å². The van der Waals surface area contributed by atoms with Gasteiger partial charge in [0, 0.05) is 30.2 Å². The Morgan fingerprint density at radius 1 is 1.38 bits per heavy atom. The van der Waals surface area contributed by atoms with E-state index in [1.54, 1.807) is 6.07 Å². The van der Waals surface area contributed by atoms with Crippen molar-refractivity contribution in [1.82, 2.24) is 20.4 Å². The molecule has 6 nitrogen and oxygen atoms in total. The van der Waals surface area contributed by atoms with E-state index >= 15 is 0 Å². The van der Waals surface area contributed by atoms with Crippen LogP contribution in [0, 0.1) is 13.8 Å². The first-order valence-corrected chi connectivity index (χ1v) is 9.65. The number of thiophene rings is 1. The Balaban J connectivity index is 0.00000338. The third-order valence-corrected chi connectivity index (χ3v) is 4.96. The zero-order valence-corrected chi connectivity index (χ0v) is 19.2. The molecule has 0 bridgehead atoms. The van der Waals surface area contributed by atoms with Gasteiger partial charge in [-0.25, -0.2) is 0 Å². The van der Waals surface area contributed by atoms with E-state index in [1.807, 2.05) is 24.6 Å². The molecule has 2 aromatic heterocycles. The second-order valence-electron chi connectivity index (χ2n) is 5.81. The van der Waals surface area contributed by atoms with Crippen molar-refractivity contribution in [2.24, 2.45) is 4.99 Å². The predicted octanol–water partition coefficient (Wildman–Crippen LogP) is 3.51. The minimum absolute atomic E-state index is 0. The normalized spacial score (nSPS) is 12.6. The number of guanidine groups is 1. The van der Waals surface area contributed by atoms with E-state index in [2.05, 4.69) is 33.7 Å². The van der Waals surface area contributed by atoms with Crippen LogP contribution in [0.2, 0.25) is 4.34 Å². The number of aryl methyl sites for hydroxylation is 3. The van der Waals surface area contributed by atoms with Crippen LogP contribution in [0.1, 0.15) is 35.7 Å². The number of hydrogen-bond donors (Lipinski definition) is 3. The first-order valence-electron chi connectivity index (χ1n) is 8.46. The highest BCUT2D eigenvalue weighted by atomic mass is 127. The van der Waals surface area contributed by atoms with Crippen LogP contribution >= 0.6 is 46.9 Å². The van der Waals surface area contributed by atoms with E-state index in [4.69, 9.17) is 11.6 Å². The fourth-order valence-electron chi connectivity index (χ4n) is 2.45. The van der Waals surface area contributed by atoms with Crippen LogP contribution in [0.3, 0.4) is 0 Å². The molecule has 9 heteroatoms. The molecule has 146 valence electrons. The van der Waals surface area contributed by atoms with E-state index in [0.29, 0.717) is 16.8 Å². The second-order valence-corrected chi connectivity index (χ2v) is 7.55. The molecule has 0 aliphatic carbocycles. The third kappa shape index (κ3) is 7.42. The Morgan fingerprint density at radius 3 is 2.73 bits per heavy atom. The van der Waals surface area contributed by atoms with Crippen LogP contribution in [0.25, 0.3) is 0 Å². The summed E-state index contributed by atoms with van der Waals surface area (Å²) in [6, 6.07) is 5.70. The quantitative estimate of drug-likeness (QED) is 0.219. The monoisotopic (exact) mass is 511 g/mol. The van der Waals surface area contributed by atoms with Crippen molar-refractivity contribution < 1.29 is 5.11 Å². The van der Waals surface area contributed by atoms with Gasteiger partial charge < -0.3 is 15.7 Å². The molecule has 0 saturated carbocycles. The minimum Gasteiger partial charge on any atom is -0.386 e. The van der Waals surface area contributed by atoms with Crippen molar-refractivity contribution in [3.8, 4) is 0 Å². The summed E-state index contributed by atoms with van der Waals surface area (Å²) in [6.07, 6.45) is 0.304. The second kappa shape index (κ2) is 11.8. The molecule has 0 aromatic carbocycles. The number of aliphatic hydroxyl groups excluding tert-OH is 1. The van der Waals surface area contributed by atoms with Crippen LogP contribution in [-0.2, 0) is 6.54 Å². The highest BCUT2D eigenvalue weighted by Gasteiger charge is 2.10. The summed E-state index contributed by atoms with van der Waals surface area (Å²) in [5.41, 5.74) is 2.22. The van der Waals surface area contributed by atoms with Gasteiger partial charge in [-0.15, -0.1) is 35.3 Å². The minimum atomic E-state index is -0.636. The van der Waals surface area contributed by atoms with Crippen molar-refractivity contribution in [3.63, 3.8) is 0 Å². The van der Waals surface area contributed by atoms with Gasteiger partial charge in [-0.3, -0.25) is 9.67 Å². The Labute approximate surface area is 181 Å². The van der Waals surface area contributed by atoms with Gasteiger partial charge in [-0.2, -0.15) is 5.10 Å². The van der Waals surface area contributed by atoms with Crippen LogP contribution < -0.4 is 10.6 Å². The predicted molar refractivity (Wildman–Crippen MR) is 120 cm³/mol. The molecular weight excluding hydrogens is 485 g/mol. The number of halogens is 2. The van der Waals surface area contributed by atoms with Crippen LogP contribution in [0.15, 0.2) is 23.2 Å². The maximum atomic E-state index is 10.2. The van der Waals surface area contributed by atoms with Crippen LogP contribution in [0.4, 0.5) is 0 Å². The number of aliphatic imine (C=N–C) groups is 1. The number of nitrogens with zero attached hydrogens (tertiary/aromatic N) is 3. The van der Waals surface area contributed by atoms with Crippen molar-refractivity contribution >= 4 is 52.9 Å². The van der Waals surface area contributed by atoms with E-state index in [1.165, 1.54) is 17.0 Å². The first kappa shape index (κ1) is 23.2. The smallest absolute Gasteiger partial charge is 0.191 e. The van der Waals surface area contributed by atoms with E-state index in [9.17, 15) is 5.11 Å². The number of aromatic nitrogens is 2. The topological polar surface area (TPSA) is 74.5 Å². The molecule has 3 N–H and O–H groups in total. The number of nitrogens with one attached hydrogen (secondary N) is 2. The van der Waals surface area contributed by atoms with E-state index in [-0.39, 0.29) is 24.0 Å². The summed E-state index contributed by atoms with van der Waals surface area (Å²) in [4.78, 5) is 5.28. The molecular formula is C17H27ClIN5OS. The summed E-state index contributed by atoms with van der Waals surface area (Å²) in [5.74, 6) is 0.706. The summed E-state index contributed by atoms with van der Waals surface area (Å²) >= 11 is 7.28. The molecule has 0 amide bonds. The average Bonchev–Trinajstić information content (AvgIpc) is 3.14. The standard InChI is InChI=1S/C17H26ClN5OS.HI/c1-4-19-17(21-11-14(24)15-6-7-16(18)25-15)20-8-5-9-23-13(3)10-12(2)22-23;/h6-7,10,14,24H,4-5,8-9,11H2,1-3H3,(H2,19,20,21);1H. The molecule has 0 radical (unpaired) electrons. The Kier molecular flexibility index (Phi) is 10.5. The first-order chi connectivity index (χ1) is 12.0. The number of rotatable bonds is 8. The Hall–Kier alpha value is -0.840. The highest BCUT2D eigenvalue weighted by Crippen LogP contribution is 2.26. The maximum absolute atomic E-state index is 10.2.